The molecule has 128 valence electrons. The Hall–Kier alpha value is -1.12. The van der Waals surface area contributed by atoms with Crippen LogP contribution in [0.4, 0.5) is 0 Å². The van der Waals surface area contributed by atoms with E-state index in [0.717, 1.165) is 32.1 Å². The highest BCUT2D eigenvalue weighted by Gasteiger charge is 2.57. The molecular formula is C20H30O3. The molecule has 0 aliphatic heterocycles. The van der Waals surface area contributed by atoms with Gasteiger partial charge in [-0.2, -0.15) is 0 Å². The Morgan fingerprint density at radius 2 is 1.91 bits per heavy atom. The fraction of sp³-hybridized carbons (Fsp3) is 0.800. The van der Waals surface area contributed by atoms with Crippen molar-refractivity contribution in [2.24, 2.45) is 28.1 Å². The van der Waals surface area contributed by atoms with Crippen LogP contribution in [-0.2, 0) is 14.3 Å². The lowest BCUT2D eigenvalue weighted by molar-refractivity contribution is -0.155. The first-order valence-corrected chi connectivity index (χ1v) is 8.96. The smallest absolute Gasteiger partial charge is 0.311 e. The van der Waals surface area contributed by atoms with Gasteiger partial charge in [0.1, 0.15) is 5.78 Å². The molecule has 3 heteroatoms. The Kier molecular flexibility index (Phi) is 3.77. The second-order valence-electron chi connectivity index (χ2n) is 9.04. The number of Topliss-reactive ketones (excluding diaryl/α,β-unsaturated/α-hetero) is 1. The third-order valence-electron chi connectivity index (χ3n) is 7.39. The largest absolute Gasteiger partial charge is 0.469 e. The average molecular weight is 318 g/mol. The molecule has 3 nitrogen and oxygen atoms in total. The van der Waals surface area contributed by atoms with E-state index < -0.39 is 0 Å². The molecule has 0 radical (unpaired) electrons. The maximum absolute atomic E-state index is 12.4. The highest BCUT2D eigenvalue weighted by atomic mass is 16.5. The van der Waals surface area contributed by atoms with Gasteiger partial charge in [-0.3, -0.25) is 9.59 Å². The van der Waals surface area contributed by atoms with E-state index in [4.69, 9.17) is 4.74 Å². The molecule has 23 heavy (non-hydrogen) atoms. The van der Waals surface area contributed by atoms with Crippen LogP contribution in [-0.4, -0.2) is 18.9 Å². The number of allylic oxidation sites excluding steroid dienone is 2. The van der Waals surface area contributed by atoms with E-state index >= 15 is 0 Å². The van der Waals surface area contributed by atoms with Gasteiger partial charge in [0.05, 0.1) is 12.5 Å². The first kappa shape index (κ1) is 16.7. The summed E-state index contributed by atoms with van der Waals surface area (Å²) in [5.74, 6) is 1.29. The second kappa shape index (κ2) is 5.19. The third kappa shape index (κ3) is 2.30. The molecule has 0 heterocycles. The molecular weight excluding hydrogens is 288 g/mol. The number of esters is 1. The number of fused-ring (bicyclic) bond motifs is 3. The van der Waals surface area contributed by atoms with Gasteiger partial charge in [0.25, 0.3) is 0 Å². The van der Waals surface area contributed by atoms with Crippen LogP contribution in [0.15, 0.2) is 11.6 Å². The minimum atomic E-state index is -0.375. The average Bonchev–Trinajstić information content (AvgIpc) is 2.50. The molecule has 0 aromatic heterocycles. The van der Waals surface area contributed by atoms with Gasteiger partial charge < -0.3 is 4.74 Å². The van der Waals surface area contributed by atoms with E-state index in [1.54, 1.807) is 0 Å². The summed E-state index contributed by atoms with van der Waals surface area (Å²) in [4.78, 5) is 24.6. The monoisotopic (exact) mass is 318 g/mol. The number of carbonyl (C=O) groups is 2. The van der Waals surface area contributed by atoms with E-state index in [1.807, 2.05) is 6.92 Å². The fourth-order valence-corrected chi connectivity index (χ4v) is 5.85. The van der Waals surface area contributed by atoms with Crippen LogP contribution in [0, 0.1) is 28.1 Å². The van der Waals surface area contributed by atoms with E-state index in [9.17, 15) is 9.59 Å². The maximum Gasteiger partial charge on any atom is 0.311 e. The number of rotatable bonds is 1. The van der Waals surface area contributed by atoms with Gasteiger partial charge >= 0.3 is 5.97 Å². The summed E-state index contributed by atoms with van der Waals surface area (Å²) in [6, 6.07) is 0. The number of hydrogen-bond donors (Lipinski definition) is 0. The zero-order chi connectivity index (χ0) is 17.0. The standard InChI is InChI=1S/C20H30O3/c1-18(2)15-7-6-13-12-19(3,17(22)23-5)10-8-14(13)20(15,4)11-9-16(18)21/h6,14-15H,7-12H2,1-5H3. The van der Waals surface area contributed by atoms with E-state index in [1.165, 1.54) is 12.7 Å². The molecule has 0 bridgehead atoms. The molecule has 0 spiro atoms. The van der Waals surface area contributed by atoms with Crippen LogP contribution in [0.3, 0.4) is 0 Å². The lowest BCUT2D eigenvalue weighted by Gasteiger charge is -2.58. The van der Waals surface area contributed by atoms with Crippen LogP contribution in [0.25, 0.3) is 0 Å². The number of carbonyl (C=O) groups excluding carboxylic acids is 2. The van der Waals surface area contributed by atoms with Crippen molar-refractivity contribution < 1.29 is 14.3 Å². The van der Waals surface area contributed by atoms with Crippen molar-refractivity contribution in [3.63, 3.8) is 0 Å². The summed E-state index contributed by atoms with van der Waals surface area (Å²) < 4.78 is 5.04. The first-order chi connectivity index (χ1) is 10.6. The van der Waals surface area contributed by atoms with Crippen molar-refractivity contribution in [3.8, 4) is 0 Å². The van der Waals surface area contributed by atoms with Crippen LogP contribution < -0.4 is 0 Å². The zero-order valence-corrected chi connectivity index (χ0v) is 15.2. The van der Waals surface area contributed by atoms with Crippen LogP contribution in [0.5, 0.6) is 0 Å². The summed E-state index contributed by atoms with van der Waals surface area (Å²) in [6.07, 6.45) is 7.76. The Labute approximate surface area is 139 Å². The third-order valence-corrected chi connectivity index (χ3v) is 7.39. The summed E-state index contributed by atoms with van der Waals surface area (Å²) in [7, 11) is 1.49. The van der Waals surface area contributed by atoms with Crippen molar-refractivity contribution in [1.82, 2.24) is 0 Å². The minimum absolute atomic E-state index is 0.0803. The Morgan fingerprint density at radius 1 is 1.22 bits per heavy atom. The molecule has 0 aromatic carbocycles. The summed E-state index contributed by atoms with van der Waals surface area (Å²) >= 11 is 0. The van der Waals surface area contributed by atoms with Gasteiger partial charge in [-0.1, -0.05) is 32.4 Å². The summed E-state index contributed by atoms with van der Waals surface area (Å²) in [5, 5.41) is 0. The zero-order valence-electron chi connectivity index (χ0n) is 15.2. The highest BCUT2D eigenvalue weighted by molar-refractivity contribution is 5.85. The van der Waals surface area contributed by atoms with E-state index in [2.05, 4.69) is 26.8 Å². The van der Waals surface area contributed by atoms with Gasteiger partial charge in [0.15, 0.2) is 0 Å². The molecule has 3 aliphatic rings. The number of methoxy groups -OCH3 is 1. The number of ketones is 1. The van der Waals surface area contributed by atoms with Crippen molar-refractivity contribution in [1.29, 1.82) is 0 Å². The number of hydrogen-bond acceptors (Lipinski definition) is 3. The molecule has 3 rings (SSSR count). The lowest BCUT2D eigenvalue weighted by atomic mass is 9.45. The normalized spacial score (nSPS) is 42.3. The minimum Gasteiger partial charge on any atom is -0.469 e. The molecule has 2 saturated carbocycles. The fourth-order valence-electron chi connectivity index (χ4n) is 5.85. The molecule has 2 fully saturated rings. The van der Waals surface area contributed by atoms with E-state index in [0.29, 0.717) is 24.0 Å². The lowest BCUT2D eigenvalue weighted by Crippen LogP contribution is -2.54. The van der Waals surface area contributed by atoms with Gasteiger partial charge in [0.2, 0.25) is 0 Å². The van der Waals surface area contributed by atoms with Crippen LogP contribution in [0.2, 0.25) is 0 Å². The van der Waals surface area contributed by atoms with E-state index in [-0.39, 0.29) is 22.2 Å². The first-order valence-electron chi connectivity index (χ1n) is 8.96. The quantitative estimate of drug-likeness (QED) is 0.534. The summed E-state index contributed by atoms with van der Waals surface area (Å²) in [6.45, 7) is 8.71. The predicted molar refractivity (Wildman–Crippen MR) is 89.8 cm³/mol. The number of ether oxygens (including phenoxy) is 1. The van der Waals surface area contributed by atoms with Crippen molar-refractivity contribution in [2.45, 2.75) is 66.2 Å². The second-order valence-corrected chi connectivity index (χ2v) is 9.04. The van der Waals surface area contributed by atoms with Gasteiger partial charge in [-0.15, -0.1) is 0 Å². The molecule has 0 amide bonds. The molecule has 0 N–H and O–H groups in total. The molecule has 0 saturated heterocycles. The molecule has 3 aliphatic carbocycles. The SMILES string of the molecule is COC(=O)C1(C)CCC2C(=CCC3C(C)(C)C(=O)CCC23C)C1. The van der Waals surface area contributed by atoms with Gasteiger partial charge in [-0.25, -0.2) is 0 Å². The topological polar surface area (TPSA) is 43.4 Å². The van der Waals surface area contributed by atoms with Gasteiger partial charge in [0, 0.05) is 11.8 Å². The van der Waals surface area contributed by atoms with Crippen molar-refractivity contribution >= 4 is 11.8 Å². The Morgan fingerprint density at radius 3 is 2.57 bits per heavy atom. The van der Waals surface area contributed by atoms with Gasteiger partial charge in [-0.05, 0) is 56.3 Å². The predicted octanol–water partition coefficient (Wildman–Crippen LogP) is 4.31. The summed E-state index contributed by atoms with van der Waals surface area (Å²) in [5.41, 5.74) is 1.03. The Bertz CT molecular complexity index is 573. The van der Waals surface area contributed by atoms with Crippen molar-refractivity contribution in [3.05, 3.63) is 11.6 Å². The molecule has 4 atom stereocenters. The van der Waals surface area contributed by atoms with Crippen LogP contribution in [0.1, 0.15) is 66.2 Å². The van der Waals surface area contributed by atoms with Crippen molar-refractivity contribution in [2.75, 3.05) is 7.11 Å². The maximum atomic E-state index is 12.4. The molecule has 4 unspecified atom stereocenters. The highest BCUT2D eigenvalue weighted by Crippen LogP contribution is 2.62. The molecule has 0 aromatic rings. The Balaban J connectivity index is 1.93. The van der Waals surface area contributed by atoms with Crippen LogP contribution >= 0.6 is 0 Å².